The Morgan fingerprint density at radius 3 is 0.652 bits per heavy atom. The Morgan fingerprint density at radius 2 is 0.652 bits per heavy atom. The van der Waals surface area contributed by atoms with Crippen LogP contribution in [0.25, 0.3) is 0 Å². The van der Waals surface area contributed by atoms with Crippen LogP contribution >= 0.6 is 0 Å². The van der Waals surface area contributed by atoms with Crippen molar-refractivity contribution in [1.82, 2.24) is 0 Å². The Hall–Kier alpha value is 1.59. The molecule has 0 saturated carbocycles. The molecule has 0 amide bonds. The molecular formula is C10H20CuK2N2O8. The van der Waals surface area contributed by atoms with E-state index in [2.05, 4.69) is 0 Å². The molecule has 0 aliphatic rings. The van der Waals surface area contributed by atoms with E-state index in [-0.39, 0.29) is 120 Å². The first-order valence-corrected chi connectivity index (χ1v) is 4.95. The van der Waals surface area contributed by atoms with E-state index in [1.165, 1.54) is 0 Å². The average Bonchev–Trinajstić information content (AvgIpc) is 2.13. The Bertz CT molecular complexity index is 205. The van der Waals surface area contributed by atoms with Crippen LogP contribution in [0.2, 0.25) is 0 Å². The molecule has 0 atom stereocenters. The first kappa shape index (κ1) is 49.7. The number of hydrogen-bond donors (Lipinski definition) is 2. The summed E-state index contributed by atoms with van der Waals surface area (Å²) < 4.78 is 0. The van der Waals surface area contributed by atoms with Crippen molar-refractivity contribution < 1.29 is 159 Å². The summed E-state index contributed by atoms with van der Waals surface area (Å²) >= 11 is 0. The molecule has 13 heteroatoms. The molecule has 0 unspecified atom stereocenters. The molecule has 23 heavy (non-hydrogen) atoms. The molecule has 0 bridgehead atoms. The van der Waals surface area contributed by atoms with E-state index in [4.69, 9.17) is 51.1 Å². The zero-order chi connectivity index (χ0) is 17.7. The summed E-state index contributed by atoms with van der Waals surface area (Å²) in [6, 6.07) is 0. The van der Waals surface area contributed by atoms with E-state index in [0.29, 0.717) is 13.1 Å². The summed E-state index contributed by atoms with van der Waals surface area (Å²) in [5.41, 5.74) is 9.81. The molecule has 131 valence electrons. The molecule has 0 spiro atoms. The van der Waals surface area contributed by atoms with Crippen LogP contribution < -0.4 is 135 Å². The van der Waals surface area contributed by atoms with Crippen LogP contribution in [0.1, 0.15) is 27.7 Å². The zero-order valence-electron chi connectivity index (χ0n) is 14.1. The zero-order valence-corrected chi connectivity index (χ0v) is 21.3. The van der Waals surface area contributed by atoms with E-state index in [1.54, 1.807) is 0 Å². The van der Waals surface area contributed by atoms with E-state index < -0.39 is 23.9 Å². The number of carbonyl (C=O) groups excluding carboxylic acids is 4. The number of carbonyl (C=O) groups is 4. The van der Waals surface area contributed by atoms with E-state index >= 15 is 0 Å². The van der Waals surface area contributed by atoms with Crippen molar-refractivity contribution in [2.24, 2.45) is 11.5 Å². The minimum atomic E-state index is -1.08. The summed E-state index contributed by atoms with van der Waals surface area (Å²) in [7, 11) is 0. The molecule has 0 aromatic heterocycles. The van der Waals surface area contributed by atoms with Crippen LogP contribution in [-0.2, 0) is 36.2 Å². The summed E-state index contributed by atoms with van der Waals surface area (Å²) in [6.07, 6.45) is 0. The number of aliphatic carboxylic acids is 4. The van der Waals surface area contributed by atoms with Gasteiger partial charge in [0, 0.05) is 37.0 Å². The second-order valence-corrected chi connectivity index (χ2v) is 2.54. The second-order valence-electron chi connectivity index (χ2n) is 2.54. The van der Waals surface area contributed by atoms with Crippen molar-refractivity contribution in [2.45, 2.75) is 27.7 Å². The van der Waals surface area contributed by atoms with E-state index in [0.717, 1.165) is 27.7 Å². The summed E-state index contributed by atoms with van der Waals surface area (Å²) in [5, 5.41) is 35.6. The maximum atomic E-state index is 8.89. The second kappa shape index (κ2) is 49.5. The summed E-state index contributed by atoms with van der Waals surface area (Å²) in [6.45, 7) is 5.08. The maximum absolute atomic E-state index is 8.89. The van der Waals surface area contributed by atoms with Gasteiger partial charge in [-0.3, -0.25) is 0 Å². The predicted molar refractivity (Wildman–Crippen MR) is 60.8 cm³/mol. The average molecular weight is 438 g/mol. The van der Waals surface area contributed by atoms with Gasteiger partial charge in [0.15, 0.2) is 0 Å². The number of rotatable bonds is 1. The van der Waals surface area contributed by atoms with E-state index in [9.17, 15) is 0 Å². The molecule has 0 aromatic rings. The summed E-state index contributed by atoms with van der Waals surface area (Å²) in [5.74, 6) is -4.33. The van der Waals surface area contributed by atoms with Gasteiger partial charge in [-0.15, -0.1) is 0 Å². The third-order valence-electron chi connectivity index (χ3n) is 0.167. The Balaban J connectivity index is -0.0000000197. The van der Waals surface area contributed by atoms with Crippen molar-refractivity contribution in [3.8, 4) is 0 Å². The van der Waals surface area contributed by atoms with Gasteiger partial charge in [0.25, 0.3) is 0 Å². The van der Waals surface area contributed by atoms with Crippen molar-refractivity contribution in [3.63, 3.8) is 0 Å². The quantitative estimate of drug-likeness (QED) is 0.369. The molecule has 0 aliphatic carbocycles. The first-order chi connectivity index (χ1) is 8.84. The Labute approximate surface area is 231 Å². The predicted octanol–water partition coefficient (Wildman–Crippen LogP) is -12.1. The number of carboxylic acid groups (broad SMARTS) is 4. The molecule has 4 N–H and O–H groups in total. The van der Waals surface area contributed by atoms with Crippen LogP contribution in [0.15, 0.2) is 0 Å². The fraction of sp³-hybridized carbons (Fsp3) is 0.600. The standard InChI is InChI=1S/C2H8N2.4C2H4O2.Cu.2K/c3-1-2-4;4*1-2(3)4;;;/h1-4H2;4*1H3,(H,3,4);;;/q;;;;;+2;2*+1/p-4. The molecule has 0 heterocycles. The normalized spacial score (nSPS) is 5.65. The van der Waals surface area contributed by atoms with Crippen LogP contribution in [0.3, 0.4) is 0 Å². The van der Waals surface area contributed by atoms with Gasteiger partial charge in [-0.2, -0.15) is 0 Å². The van der Waals surface area contributed by atoms with Gasteiger partial charge in [0.2, 0.25) is 0 Å². The SMILES string of the molecule is CC(=O)[O-].CC(=O)[O-].CC(=O)[O-].CC(=O)[O-].NCCN.[Cu+2].[K+].[K+]. The van der Waals surface area contributed by atoms with Gasteiger partial charge in [-0.1, -0.05) is 0 Å². The van der Waals surface area contributed by atoms with Gasteiger partial charge >= 0.3 is 120 Å². The summed E-state index contributed by atoms with van der Waals surface area (Å²) in [4.78, 5) is 35.6. The minimum absolute atomic E-state index is 0. The molecule has 0 rings (SSSR count). The molecular weight excluding hydrogens is 418 g/mol. The third kappa shape index (κ3) is 1640. The first-order valence-electron chi connectivity index (χ1n) is 4.95. The number of hydrogen-bond acceptors (Lipinski definition) is 10. The Morgan fingerprint density at radius 1 is 0.609 bits per heavy atom. The van der Waals surface area contributed by atoms with Crippen LogP contribution in [-0.4, -0.2) is 37.0 Å². The van der Waals surface area contributed by atoms with Crippen molar-refractivity contribution in [3.05, 3.63) is 0 Å². The topological polar surface area (TPSA) is 213 Å². The molecule has 0 aromatic carbocycles. The van der Waals surface area contributed by atoms with Gasteiger partial charge in [0.1, 0.15) is 0 Å². The molecule has 0 saturated heterocycles. The van der Waals surface area contributed by atoms with Crippen LogP contribution in [0.5, 0.6) is 0 Å². The molecule has 0 fully saturated rings. The number of carboxylic acids is 4. The number of nitrogens with two attached hydrogens (primary N) is 2. The molecule has 0 aliphatic heterocycles. The van der Waals surface area contributed by atoms with Crippen molar-refractivity contribution in [2.75, 3.05) is 13.1 Å². The van der Waals surface area contributed by atoms with Gasteiger partial charge in [0.05, 0.1) is 0 Å². The fourth-order valence-corrected chi connectivity index (χ4v) is 0. The van der Waals surface area contributed by atoms with Gasteiger partial charge in [-0.25, -0.2) is 0 Å². The maximum Gasteiger partial charge on any atom is 2.00 e. The molecule has 10 nitrogen and oxygen atoms in total. The van der Waals surface area contributed by atoms with Gasteiger partial charge < -0.3 is 51.1 Å². The Kier molecular flexibility index (Phi) is 107. The van der Waals surface area contributed by atoms with E-state index in [1.807, 2.05) is 0 Å². The van der Waals surface area contributed by atoms with Crippen LogP contribution in [0.4, 0.5) is 0 Å². The molecule has 1 radical (unpaired) electrons. The third-order valence-corrected chi connectivity index (χ3v) is 0.167. The fourth-order valence-electron chi connectivity index (χ4n) is 0. The smallest absolute Gasteiger partial charge is 0.550 e. The monoisotopic (exact) mass is 437 g/mol. The largest absolute Gasteiger partial charge is 2.00 e. The minimum Gasteiger partial charge on any atom is -0.550 e. The van der Waals surface area contributed by atoms with Crippen LogP contribution in [0, 0.1) is 0 Å². The van der Waals surface area contributed by atoms with Crippen molar-refractivity contribution in [1.29, 1.82) is 0 Å². The van der Waals surface area contributed by atoms with Gasteiger partial charge in [-0.05, 0) is 27.7 Å². The van der Waals surface area contributed by atoms with Crippen molar-refractivity contribution >= 4 is 23.9 Å².